The van der Waals surface area contributed by atoms with E-state index in [1.807, 2.05) is 170 Å². The van der Waals surface area contributed by atoms with Gasteiger partial charge in [-0.25, -0.2) is 29.9 Å². The fourth-order valence-electron chi connectivity index (χ4n) is 13.1. The molecule has 0 spiro atoms. The predicted molar refractivity (Wildman–Crippen MR) is 339 cm³/mol. The van der Waals surface area contributed by atoms with Gasteiger partial charge in [0.2, 0.25) is 5.91 Å². The molecular formula is C68H74N15NaO4. The first kappa shape index (κ1) is 61.2. The van der Waals surface area contributed by atoms with Crippen molar-refractivity contribution < 1.29 is 49.4 Å². The molecule has 0 saturated carbocycles. The van der Waals surface area contributed by atoms with Crippen LogP contribution in [-0.4, -0.2) is 116 Å². The van der Waals surface area contributed by atoms with Crippen LogP contribution in [0.1, 0.15) is 73.5 Å². The summed E-state index contributed by atoms with van der Waals surface area (Å²) in [7, 11) is 12.1. The molecule has 0 aliphatic rings. The van der Waals surface area contributed by atoms with E-state index in [4.69, 9.17) is 34.9 Å². The number of aromatic nitrogens is 12. The Morgan fingerprint density at radius 3 is 0.920 bits per heavy atom. The number of nitrogens with zero attached hydrogens (tertiary/aromatic N) is 14. The van der Waals surface area contributed by atoms with Gasteiger partial charge in [0.1, 0.15) is 34.9 Å². The van der Waals surface area contributed by atoms with Gasteiger partial charge in [-0.05, 0) is 117 Å². The SMILES string of the molecule is Cn1c(CCC(CCc2nc3ccccc3n2C)(CCc2nc3ccccc3n2C)N=C([O-])CN(CC(=O)O)CC(=O)NC(CCc2nc3ccccc3n2C)(CCc2nc3ccccc3n2C)CCc2nc3ccccc3n2C)nc2ccccc21.[Na+]. The molecule has 12 aromatic rings. The van der Waals surface area contributed by atoms with Gasteiger partial charge in [-0.3, -0.25) is 19.5 Å². The standard InChI is InChI=1S/C68H75N15O4.Na/c1-77-52-25-13-7-19-46(52)69-58(77)31-37-67(38-32-59-70-47-20-8-14-26-53(47)78(59)2,39-33-60-71-48-21-9-15-27-54(48)79(60)3)75-64(84)43-83(45-66(86)87)44-65(85)76-68(40-34-61-72-49-22-10-16-28-55(49)80(61)4,41-35-62-73-50-23-11-17-29-56(50)81(62)5)42-36-63-74-51-24-12-18-30-57(51)82(63)6;/h7-30H,31-45H2,1-6H3,(H,75,84)(H,76,85)(H,86,87);/q;+1/p-1. The molecule has 0 fully saturated rings. The molecule has 0 bridgehead atoms. The Balaban J connectivity index is 0.00000800. The van der Waals surface area contributed by atoms with Gasteiger partial charge in [0.05, 0.1) is 84.8 Å². The van der Waals surface area contributed by atoms with Crippen molar-refractivity contribution in [3.05, 3.63) is 181 Å². The molecule has 6 heterocycles. The van der Waals surface area contributed by atoms with E-state index in [9.17, 15) is 9.90 Å². The number of fused-ring (bicyclic) bond motifs is 6. The van der Waals surface area contributed by atoms with Gasteiger partial charge < -0.3 is 42.9 Å². The van der Waals surface area contributed by atoms with Gasteiger partial charge >= 0.3 is 35.5 Å². The maximum Gasteiger partial charge on any atom is 1.00 e. The van der Waals surface area contributed by atoms with Crippen LogP contribution >= 0.6 is 0 Å². The molecule has 6 aromatic heterocycles. The van der Waals surface area contributed by atoms with Crippen molar-refractivity contribution in [1.29, 1.82) is 0 Å². The number of imidazole rings is 6. The number of carbonyl (C=O) groups excluding carboxylic acids is 1. The minimum absolute atomic E-state index is 0. The number of para-hydroxylation sites is 12. The molecule has 88 heavy (non-hydrogen) atoms. The third-order valence-electron chi connectivity index (χ3n) is 18.1. The molecule has 0 saturated heterocycles. The fraction of sp³-hybridized carbons (Fsp3) is 0.338. The number of amides is 1. The number of hydrogen-bond acceptors (Lipinski definition) is 11. The van der Waals surface area contributed by atoms with Crippen LogP contribution in [-0.2, 0) is 90.4 Å². The summed E-state index contributed by atoms with van der Waals surface area (Å²) in [6.07, 6.45) is 5.82. The van der Waals surface area contributed by atoms with E-state index in [-0.39, 0.29) is 36.1 Å². The van der Waals surface area contributed by atoms with Crippen LogP contribution < -0.4 is 40.0 Å². The number of aryl methyl sites for hydroxylation is 12. The monoisotopic (exact) mass is 1190 g/mol. The van der Waals surface area contributed by atoms with Crippen LogP contribution in [0, 0.1) is 0 Å². The first-order valence-corrected chi connectivity index (χ1v) is 30.0. The van der Waals surface area contributed by atoms with Crippen molar-refractivity contribution in [2.24, 2.45) is 47.3 Å². The van der Waals surface area contributed by atoms with Gasteiger partial charge in [-0.1, -0.05) is 72.8 Å². The van der Waals surface area contributed by atoms with Crippen molar-refractivity contribution in [1.82, 2.24) is 67.5 Å². The van der Waals surface area contributed by atoms with E-state index >= 15 is 9.90 Å². The summed E-state index contributed by atoms with van der Waals surface area (Å²) >= 11 is 0. The van der Waals surface area contributed by atoms with E-state index in [2.05, 4.69) is 50.9 Å². The van der Waals surface area contributed by atoms with Crippen molar-refractivity contribution in [2.75, 3.05) is 19.6 Å². The van der Waals surface area contributed by atoms with Gasteiger partial charge in [0, 0.05) is 92.9 Å². The predicted octanol–water partition coefficient (Wildman–Crippen LogP) is 5.85. The van der Waals surface area contributed by atoms with Crippen LogP contribution in [0.15, 0.2) is 151 Å². The maximum absolute atomic E-state index is 15.3. The van der Waals surface area contributed by atoms with Gasteiger partial charge in [-0.15, -0.1) is 0 Å². The fourth-order valence-corrected chi connectivity index (χ4v) is 13.1. The maximum atomic E-state index is 15.3. The second-order valence-electron chi connectivity index (χ2n) is 23.6. The summed E-state index contributed by atoms with van der Waals surface area (Å²) in [5.74, 6) is 3.04. The summed E-state index contributed by atoms with van der Waals surface area (Å²) in [6.45, 7) is -1.38. The number of carboxylic acid groups (broad SMARTS) is 1. The van der Waals surface area contributed by atoms with Gasteiger partial charge in [0.25, 0.3) is 0 Å². The summed E-state index contributed by atoms with van der Waals surface area (Å²) in [6, 6.07) is 48.2. The van der Waals surface area contributed by atoms with Crippen LogP contribution in [0.25, 0.3) is 66.2 Å². The molecule has 12 rings (SSSR count). The van der Waals surface area contributed by atoms with Gasteiger partial charge in [0.15, 0.2) is 0 Å². The first-order chi connectivity index (χ1) is 42.1. The number of aliphatic imine (C=N–C) groups is 1. The smallest absolute Gasteiger partial charge is 0.861 e. The average Bonchev–Trinajstić information content (AvgIpc) is 2.50. The molecule has 6 aromatic carbocycles. The molecule has 446 valence electrons. The van der Waals surface area contributed by atoms with Crippen LogP contribution in [0.3, 0.4) is 0 Å². The Hall–Kier alpha value is -8.49. The molecule has 20 heteroatoms. The van der Waals surface area contributed by atoms with E-state index in [0.29, 0.717) is 77.0 Å². The Morgan fingerprint density at radius 2 is 0.670 bits per heavy atom. The van der Waals surface area contributed by atoms with E-state index in [0.717, 1.165) is 101 Å². The molecule has 0 aliphatic heterocycles. The first-order valence-electron chi connectivity index (χ1n) is 30.0. The van der Waals surface area contributed by atoms with Crippen LogP contribution in [0.5, 0.6) is 0 Å². The Morgan fingerprint density at radius 1 is 0.420 bits per heavy atom. The minimum Gasteiger partial charge on any atom is -0.861 e. The average molecular weight is 1190 g/mol. The quantitative estimate of drug-likeness (QED) is 0.0373. The molecule has 0 unspecified atom stereocenters. The van der Waals surface area contributed by atoms with Crippen LogP contribution in [0.4, 0.5) is 0 Å². The number of carboxylic acids is 1. The summed E-state index contributed by atoms with van der Waals surface area (Å²) in [5, 5.41) is 29.4. The molecule has 1 amide bonds. The summed E-state index contributed by atoms with van der Waals surface area (Å²) in [5.41, 5.74) is 9.37. The number of nitrogens with one attached hydrogen (secondary N) is 1. The largest absolute Gasteiger partial charge is 1.00 e. The molecule has 19 nitrogen and oxygen atoms in total. The normalized spacial score (nSPS) is 12.5. The second kappa shape index (κ2) is 26.1. The Bertz CT molecular complexity index is 4120. The molecule has 0 atom stereocenters. The van der Waals surface area contributed by atoms with Crippen molar-refractivity contribution >= 4 is 84.0 Å². The summed E-state index contributed by atoms with van der Waals surface area (Å²) in [4.78, 5) is 65.3. The zero-order valence-corrected chi connectivity index (χ0v) is 53.4. The van der Waals surface area contributed by atoms with Gasteiger partial charge in [-0.2, -0.15) is 0 Å². The third kappa shape index (κ3) is 12.9. The van der Waals surface area contributed by atoms with Crippen molar-refractivity contribution in [3.8, 4) is 0 Å². The van der Waals surface area contributed by atoms with E-state index in [1.165, 1.54) is 4.90 Å². The summed E-state index contributed by atoms with van der Waals surface area (Å²) < 4.78 is 12.6. The van der Waals surface area contributed by atoms with E-state index in [1.54, 1.807) is 0 Å². The number of hydrogen-bond donors (Lipinski definition) is 2. The Labute approximate surface area is 533 Å². The molecular weight excluding hydrogens is 1110 g/mol. The Kier molecular flexibility index (Phi) is 18.1. The molecule has 0 aliphatic carbocycles. The zero-order chi connectivity index (χ0) is 60.4. The zero-order valence-electron chi connectivity index (χ0n) is 51.4. The topological polar surface area (TPSA) is 212 Å². The molecule has 2 N–H and O–H groups in total. The minimum atomic E-state index is -1.18. The van der Waals surface area contributed by atoms with Crippen molar-refractivity contribution in [2.45, 2.75) is 88.1 Å². The van der Waals surface area contributed by atoms with E-state index < -0.39 is 41.9 Å². The molecule has 0 radical (unpaired) electrons. The number of benzene rings is 6. The van der Waals surface area contributed by atoms with Crippen molar-refractivity contribution in [3.63, 3.8) is 0 Å². The van der Waals surface area contributed by atoms with Crippen LogP contribution in [0.2, 0.25) is 0 Å². The number of aliphatic carboxylic acids is 1. The second-order valence-corrected chi connectivity index (χ2v) is 23.6. The third-order valence-corrected chi connectivity index (χ3v) is 18.1. The number of carbonyl (C=O) groups is 2. The number of rotatable bonds is 26.